The fourth-order valence-electron chi connectivity index (χ4n) is 3.58. The molecule has 3 aliphatic rings. The zero-order valence-corrected chi connectivity index (χ0v) is 10.4. The normalized spacial score (nSPS) is 30.7. The molecule has 2 saturated carbocycles. The van der Waals surface area contributed by atoms with Crippen molar-refractivity contribution in [3.8, 4) is 0 Å². The summed E-state index contributed by atoms with van der Waals surface area (Å²) in [7, 11) is 0. The largest absolute Gasteiger partial charge is 0.333 e. The Kier molecular flexibility index (Phi) is 2.13. The van der Waals surface area contributed by atoms with Gasteiger partial charge < -0.3 is 9.88 Å². The van der Waals surface area contributed by atoms with Crippen LogP contribution in [0.2, 0.25) is 0 Å². The van der Waals surface area contributed by atoms with Gasteiger partial charge in [-0.05, 0) is 56.4 Å². The van der Waals surface area contributed by atoms with E-state index in [2.05, 4.69) is 27.4 Å². The highest BCUT2D eigenvalue weighted by Gasteiger charge is 2.53. The van der Waals surface area contributed by atoms with Gasteiger partial charge in [0.1, 0.15) is 0 Å². The van der Waals surface area contributed by atoms with Crippen LogP contribution in [-0.2, 0) is 6.54 Å². The molecule has 1 N–H and O–H groups in total. The van der Waals surface area contributed by atoms with Crippen LogP contribution in [0.5, 0.6) is 0 Å². The van der Waals surface area contributed by atoms with Crippen LogP contribution in [0.15, 0.2) is 12.5 Å². The summed E-state index contributed by atoms with van der Waals surface area (Å²) in [4.78, 5) is 4.38. The summed E-state index contributed by atoms with van der Waals surface area (Å²) in [5.74, 6) is 1.04. The monoisotopic (exact) mass is 231 g/mol. The standard InChI is InChI=1S/C14H21N3/c1-2-12(16-7-1)13-8-15-10-17(13)9-14(5-6-14)11-3-4-11/h8,10-12,16H,1-7,9H2. The van der Waals surface area contributed by atoms with Gasteiger partial charge in [0.2, 0.25) is 0 Å². The van der Waals surface area contributed by atoms with Gasteiger partial charge >= 0.3 is 0 Å². The van der Waals surface area contributed by atoms with Crippen LogP contribution in [0, 0.1) is 11.3 Å². The first-order valence-electron chi connectivity index (χ1n) is 7.11. The Morgan fingerprint density at radius 3 is 2.88 bits per heavy atom. The molecule has 17 heavy (non-hydrogen) atoms. The van der Waals surface area contributed by atoms with E-state index >= 15 is 0 Å². The molecule has 0 spiro atoms. The highest BCUT2D eigenvalue weighted by atomic mass is 15.1. The summed E-state index contributed by atoms with van der Waals surface area (Å²) in [6.07, 6.45) is 12.6. The van der Waals surface area contributed by atoms with Gasteiger partial charge in [0.15, 0.2) is 0 Å². The fraction of sp³-hybridized carbons (Fsp3) is 0.786. The molecule has 4 rings (SSSR count). The maximum absolute atomic E-state index is 4.38. The number of hydrogen-bond acceptors (Lipinski definition) is 2. The Bertz CT molecular complexity index is 409. The van der Waals surface area contributed by atoms with Crippen LogP contribution in [0.4, 0.5) is 0 Å². The van der Waals surface area contributed by atoms with Crippen molar-refractivity contribution in [3.63, 3.8) is 0 Å². The Morgan fingerprint density at radius 1 is 1.35 bits per heavy atom. The fourth-order valence-corrected chi connectivity index (χ4v) is 3.58. The third kappa shape index (κ3) is 1.71. The molecule has 92 valence electrons. The minimum absolute atomic E-state index is 0.563. The number of hydrogen-bond donors (Lipinski definition) is 1. The van der Waals surface area contributed by atoms with Gasteiger partial charge in [0.05, 0.1) is 12.0 Å². The third-order valence-corrected chi connectivity index (χ3v) is 4.98. The molecule has 3 fully saturated rings. The van der Waals surface area contributed by atoms with E-state index in [1.807, 2.05) is 0 Å². The topological polar surface area (TPSA) is 29.9 Å². The Hall–Kier alpha value is -0.830. The summed E-state index contributed by atoms with van der Waals surface area (Å²) in [6, 6.07) is 0.563. The second kappa shape index (κ2) is 3.58. The molecule has 2 heterocycles. The quantitative estimate of drug-likeness (QED) is 0.863. The van der Waals surface area contributed by atoms with Crippen LogP contribution in [0.25, 0.3) is 0 Å². The average molecular weight is 231 g/mol. The van der Waals surface area contributed by atoms with E-state index in [9.17, 15) is 0 Å². The number of aromatic nitrogens is 2. The molecule has 1 saturated heterocycles. The Balaban J connectivity index is 1.55. The predicted molar refractivity (Wildman–Crippen MR) is 66.6 cm³/mol. The lowest BCUT2D eigenvalue weighted by Crippen LogP contribution is -2.20. The SMILES string of the molecule is c1ncn(CC2(C3CC3)CC2)c1C1CCCN1. The molecule has 3 heteroatoms. The summed E-state index contributed by atoms with van der Waals surface area (Å²) in [5.41, 5.74) is 2.10. The summed E-state index contributed by atoms with van der Waals surface area (Å²) >= 11 is 0. The molecule has 0 radical (unpaired) electrons. The summed E-state index contributed by atoms with van der Waals surface area (Å²) < 4.78 is 2.44. The zero-order valence-electron chi connectivity index (χ0n) is 10.4. The maximum Gasteiger partial charge on any atom is 0.0948 e. The van der Waals surface area contributed by atoms with E-state index < -0.39 is 0 Å². The first kappa shape index (κ1) is 10.1. The first-order valence-corrected chi connectivity index (χ1v) is 7.11. The van der Waals surface area contributed by atoms with Gasteiger partial charge in [-0.15, -0.1) is 0 Å². The van der Waals surface area contributed by atoms with E-state index in [1.54, 1.807) is 0 Å². The number of nitrogens with zero attached hydrogens (tertiary/aromatic N) is 2. The second-order valence-corrected chi connectivity index (χ2v) is 6.23. The van der Waals surface area contributed by atoms with Crippen molar-refractivity contribution < 1.29 is 0 Å². The van der Waals surface area contributed by atoms with Crippen molar-refractivity contribution in [2.75, 3.05) is 6.54 Å². The molecule has 0 aromatic carbocycles. The van der Waals surface area contributed by atoms with Gasteiger partial charge in [-0.3, -0.25) is 0 Å². The van der Waals surface area contributed by atoms with E-state index in [-0.39, 0.29) is 0 Å². The van der Waals surface area contributed by atoms with Gasteiger partial charge in [0.25, 0.3) is 0 Å². The second-order valence-electron chi connectivity index (χ2n) is 6.23. The Morgan fingerprint density at radius 2 is 2.24 bits per heavy atom. The van der Waals surface area contributed by atoms with Crippen LogP contribution < -0.4 is 5.32 Å². The van der Waals surface area contributed by atoms with Crippen molar-refractivity contribution in [2.45, 2.75) is 51.1 Å². The van der Waals surface area contributed by atoms with Crippen molar-refractivity contribution in [3.05, 3.63) is 18.2 Å². The third-order valence-electron chi connectivity index (χ3n) is 4.98. The minimum Gasteiger partial charge on any atom is -0.333 e. The lowest BCUT2D eigenvalue weighted by molar-refractivity contribution is 0.359. The molecule has 2 aliphatic carbocycles. The van der Waals surface area contributed by atoms with Crippen LogP contribution in [-0.4, -0.2) is 16.1 Å². The lowest BCUT2D eigenvalue weighted by atomic mass is 10.0. The van der Waals surface area contributed by atoms with Gasteiger partial charge in [-0.25, -0.2) is 4.98 Å². The van der Waals surface area contributed by atoms with Crippen LogP contribution >= 0.6 is 0 Å². The molecule has 0 amide bonds. The van der Waals surface area contributed by atoms with Crippen molar-refractivity contribution in [1.82, 2.24) is 14.9 Å². The smallest absolute Gasteiger partial charge is 0.0948 e. The number of imidazole rings is 1. The number of rotatable bonds is 4. The molecule has 0 bridgehead atoms. The first-order chi connectivity index (χ1) is 8.37. The molecular formula is C14H21N3. The van der Waals surface area contributed by atoms with E-state index in [4.69, 9.17) is 0 Å². The van der Waals surface area contributed by atoms with Gasteiger partial charge in [-0.1, -0.05) is 0 Å². The Labute approximate surface area is 103 Å². The van der Waals surface area contributed by atoms with Gasteiger partial charge in [-0.2, -0.15) is 0 Å². The minimum atomic E-state index is 0.563. The maximum atomic E-state index is 4.38. The van der Waals surface area contributed by atoms with Crippen molar-refractivity contribution in [2.24, 2.45) is 11.3 Å². The van der Waals surface area contributed by atoms with Gasteiger partial charge in [0, 0.05) is 18.8 Å². The molecule has 1 aromatic rings. The van der Waals surface area contributed by atoms with Crippen LogP contribution in [0.1, 0.15) is 50.3 Å². The summed E-state index contributed by atoms with van der Waals surface area (Å²) in [6.45, 7) is 2.40. The molecule has 1 aromatic heterocycles. The predicted octanol–water partition coefficient (Wildman–Crippen LogP) is 2.50. The van der Waals surface area contributed by atoms with Crippen LogP contribution in [0.3, 0.4) is 0 Å². The number of nitrogens with one attached hydrogen (secondary N) is 1. The zero-order chi connectivity index (χ0) is 11.3. The lowest BCUT2D eigenvalue weighted by Gasteiger charge is -2.19. The van der Waals surface area contributed by atoms with E-state index in [0.717, 1.165) is 5.92 Å². The average Bonchev–Trinajstić information content (AvgIpc) is 3.20. The molecular weight excluding hydrogens is 210 g/mol. The highest BCUT2D eigenvalue weighted by molar-refractivity contribution is 5.11. The highest BCUT2D eigenvalue weighted by Crippen LogP contribution is 2.62. The molecule has 3 nitrogen and oxygen atoms in total. The van der Waals surface area contributed by atoms with Crippen molar-refractivity contribution >= 4 is 0 Å². The molecule has 1 aliphatic heterocycles. The van der Waals surface area contributed by atoms with E-state index in [1.165, 1.54) is 57.3 Å². The molecule has 1 atom stereocenters. The van der Waals surface area contributed by atoms with Crippen molar-refractivity contribution in [1.29, 1.82) is 0 Å². The van der Waals surface area contributed by atoms with E-state index in [0.29, 0.717) is 11.5 Å². The summed E-state index contributed by atoms with van der Waals surface area (Å²) in [5, 5.41) is 3.59. The molecule has 1 unspecified atom stereocenters.